The number of benzene rings is 3. The number of methoxy groups -OCH3 is 1. The van der Waals surface area contributed by atoms with Crippen molar-refractivity contribution in [2.75, 3.05) is 38.9 Å². The van der Waals surface area contributed by atoms with Gasteiger partial charge in [0.15, 0.2) is 11.5 Å². The first kappa shape index (κ1) is 26.6. The van der Waals surface area contributed by atoms with Crippen molar-refractivity contribution in [2.45, 2.75) is 32.7 Å². The van der Waals surface area contributed by atoms with E-state index in [0.29, 0.717) is 18.0 Å². The summed E-state index contributed by atoms with van der Waals surface area (Å²) >= 11 is 0. The lowest BCUT2D eigenvalue weighted by Gasteiger charge is -2.28. The van der Waals surface area contributed by atoms with Gasteiger partial charge in [0, 0.05) is 24.2 Å². The third kappa shape index (κ3) is 5.56. The molecule has 3 aromatic rings. The topological polar surface area (TPSA) is 86.3 Å². The lowest BCUT2D eigenvalue weighted by atomic mass is 9.82. The number of nitrogens with one attached hydrogen (secondary N) is 1. The third-order valence-electron chi connectivity index (χ3n) is 7.45. The minimum absolute atomic E-state index is 0.112. The largest absolute Gasteiger partial charge is 0.497 e. The summed E-state index contributed by atoms with van der Waals surface area (Å²) in [5.74, 6) is 0.861. The van der Waals surface area contributed by atoms with Gasteiger partial charge in [0.25, 0.3) is 0 Å². The second-order valence-corrected chi connectivity index (χ2v) is 10.0. The molecule has 1 fully saturated rings. The average Bonchev–Trinajstić information content (AvgIpc) is 3.55. The van der Waals surface area contributed by atoms with Crippen molar-refractivity contribution in [2.24, 2.45) is 5.92 Å². The predicted octanol–water partition coefficient (Wildman–Crippen LogP) is 5.00. The molecule has 0 aliphatic carbocycles. The summed E-state index contributed by atoms with van der Waals surface area (Å²) in [6.07, 6.45) is 0. The molecule has 3 aromatic carbocycles. The Hall–Kier alpha value is -4.04. The summed E-state index contributed by atoms with van der Waals surface area (Å²) in [5, 5.41) is 3.07. The standard InChI is InChI=1S/C31H34N2O6/c1-5-37-31(35)29-24(22-10-13-26-27(15-22)39-18-38-26)16-33(30(29)21-8-11-23(36-4)12-9-21)17-28(34)32-25-14-19(2)6-7-20(25)3/h6-15,24,29-30H,5,16-18H2,1-4H3,(H,32,34)/t24-,29-,30+/m1/s1. The van der Waals surface area contributed by atoms with Crippen molar-refractivity contribution < 1.29 is 28.5 Å². The van der Waals surface area contributed by atoms with Gasteiger partial charge in [-0.05, 0) is 73.4 Å². The zero-order valence-electron chi connectivity index (χ0n) is 22.7. The Kier molecular flexibility index (Phi) is 7.74. The summed E-state index contributed by atoms with van der Waals surface area (Å²) in [6, 6.07) is 19.0. The maximum absolute atomic E-state index is 13.5. The Morgan fingerprint density at radius 3 is 2.46 bits per heavy atom. The maximum atomic E-state index is 13.5. The molecule has 8 nitrogen and oxygen atoms in total. The van der Waals surface area contributed by atoms with Crippen molar-refractivity contribution in [3.63, 3.8) is 0 Å². The molecule has 3 atom stereocenters. The molecule has 2 heterocycles. The number of likely N-dealkylation sites (tertiary alicyclic amines) is 1. The van der Waals surface area contributed by atoms with E-state index < -0.39 is 5.92 Å². The summed E-state index contributed by atoms with van der Waals surface area (Å²) in [6.45, 7) is 6.81. The lowest BCUT2D eigenvalue weighted by molar-refractivity contribution is -0.149. The van der Waals surface area contributed by atoms with E-state index in [1.54, 1.807) is 14.0 Å². The second kappa shape index (κ2) is 11.4. The van der Waals surface area contributed by atoms with Gasteiger partial charge in [-0.15, -0.1) is 0 Å². The van der Waals surface area contributed by atoms with E-state index in [9.17, 15) is 9.59 Å². The fourth-order valence-electron chi connectivity index (χ4n) is 5.54. The molecule has 0 saturated carbocycles. The number of nitrogens with zero attached hydrogens (tertiary/aromatic N) is 1. The summed E-state index contributed by atoms with van der Waals surface area (Å²) in [4.78, 5) is 29.0. The molecule has 5 rings (SSSR count). The highest BCUT2D eigenvalue weighted by molar-refractivity contribution is 5.93. The van der Waals surface area contributed by atoms with Gasteiger partial charge < -0.3 is 24.3 Å². The van der Waals surface area contributed by atoms with E-state index in [0.717, 1.165) is 33.7 Å². The van der Waals surface area contributed by atoms with Crippen molar-refractivity contribution >= 4 is 17.6 Å². The van der Waals surface area contributed by atoms with Crippen LogP contribution in [0, 0.1) is 19.8 Å². The van der Waals surface area contributed by atoms with Crippen LogP contribution in [0.1, 0.15) is 41.1 Å². The minimum Gasteiger partial charge on any atom is -0.497 e. The van der Waals surface area contributed by atoms with Crippen LogP contribution in [-0.4, -0.2) is 50.4 Å². The number of amides is 1. The first-order valence-electron chi connectivity index (χ1n) is 13.2. The van der Waals surface area contributed by atoms with E-state index in [1.807, 2.05) is 74.5 Å². The molecule has 0 aromatic heterocycles. The zero-order chi connectivity index (χ0) is 27.5. The Morgan fingerprint density at radius 1 is 0.974 bits per heavy atom. The molecule has 0 unspecified atom stereocenters. The predicted molar refractivity (Wildman–Crippen MR) is 147 cm³/mol. The van der Waals surface area contributed by atoms with Crippen LogP contribution < -0.4 is 19.5 Å². The van der Waals surface area contributed by atoms with Crippen LogP contribution in [0.5, 0.6) is 17.2 Å². The van der Waals surface area contributed by atoms with Crippen LogP contribution in [0.25, 0.3) is 0 Å². The zero-order valence-corrected chi connectivity index (χ0v) is 22.7. The molecule has 2 aliphatic rings. The molecule has 0 radical (unpaired) electrons. The van der Waals surface area contributed by atoms with Gasteiger partial charge in [-0.1, -0.05) is 30.3 Å². The number of rotatable bonds is 8. The van der Waals surface area contributed by atoms with E-state index in [-0.39, 0.29) is 43.8 Å². The van der Waals surface area contributed by atoms with Crippen LogP contribution in [0.4, 0.5) is 5.69 Å². The van der Waals surface area contributed by atoms with Crippen LogP contribution in [-0.2, 0) is 14.3 Å². The van der Waals surface area contributed by atoms with Crippen LogP contribution in [0.15, 0.2) is 60.7 Å². The number of anilines is 1. The van der Waals surface area contributed by atoms with E-state index in [4.69, 9.17) is 18.9 Å². The number of carbonyl (C=O) groups excluding carboxylic acids is 2. The van der Waals surface area contributed by atoms with E-state index in [2.05, 4.69) is 10.2 Å². The van der Waals surface area contributed by atoms with Crippen molar-refractivity contribution in [1.29, 1.82) is 0 Å². The molecule has 1 saturated heterocycles. The van der Waals surface area contributed by atoms with Crippen molar-refractivity contribution in [3.8, 4) is 17.2 Å². The Morgan fingerprint density at radius 2 is 1.72 bits per heavy atom. The van der Waals surface area contributed by atoms with Gasteiger partial charge >= 0.3 is 5.97 Å². The molecule has 1 N–H and O–H groups in total. The van der Waals surface area contributed by atoms with Gasteiger partial charge in [-0.25, -0.2) is 0 Å². The summed E-state index contributed by atoms with van der Waals surface area (Å²) in [7, 11) is 1.62. The smallest absolute Gasteiger partial charge is 0.311 e. The highest BCUT2D eigenvalue weighted by atomic mass is 16.7. The van der Waals surface area contributed by atoms with Gasteiger partial charge in [0.05, 0.1) is 26.2 Å². The van der Waals surface area contributed by atoms with Crippen LogP contribution >= 0.6 is 0 Å². The highest BCUT2D eigenvalue weighted by Gasteiger charge is 2.48. The lowest BCUT2D eigenvalue weighted by Crippen LogP contribution is -2.35. The monoisotopic (exact) mass is 530 g/mol. The molecular weight excluding hydrogens is 496 g/mol. The number of hydrogen-bond acceptors (Lipinski definition) is 7. The van der Waals surface area contributed by atoms with Gasteiger partial charge in [0.2, 0.25) is 12.7 Å². The van der Waals surface area contributed by atoms with Gasteiger partial charge in [-0.2, -0.15) is 0 Å². The quantitative estimate of drug-likeness (QED) is 0.410. The molecule has 2 aliphatic heterocycles. The highest BCUT2D eigenvalue weighted by Crippen LogP contribution is 2.48. The van der Waals surface area contributed by atoms with Crippen molar-refractivity contribution in [3.05, 3.63) is 82.9 Å². The van der Waals surface area contributed by atoms with Crippen LogP contribution in [0.3, 0.4) is 0 Å². The SMILES string of the molecule is CCOC(=O)[C@@H]1[C@@H](c2ccc3c(c2)OCO3)CN(CC(=O)Nc2cc(C)ccc2C)[C@H]1c1ccc(OC)cc1. The van der Waals surface area contributed by atoms with Gasteiger partial charge in [-0.3, -0.25) is 14.5 Å². The minimum atomic E-state index is -0.535. The summed E-state index contributed by atoms with van der Waals surface area (Å²) in [5.41, 5.74) is 4.70. The number of carbonyl (C=O) groups is 2. The Labute approximate surface area is 228 Å². The first-order valence-corrected chi connectivity index (χ1v) is 13.2. The number of aryl methyl sites for hydroxylation is 2. The Balaban J connectivity index is 1.51. The van der Waals surface area contributed by atoms with Crippen molar-refractivity contribution in [1.82, 2.24) is 4.90 Å². The normalized spacial score (nSPS) is 20.1. The number of hydrogen-bond donors (Lipinski definition) is 1. The Bertz CT molecular complexity index is 1360. The van der Waals surface area contributed by atoms with Gasteiger partial charge in [0.1, 0.15) is 5.75 Å². The maximum Gasteiger partial charge on any atom is 0.311 e. The molecule has 8 heteroatoms. The van der Waals surface area contributed by atoms with Crippen LogP contribution in [0.2, 0.25) is 0 Å². The number of ether oxygens (including phenoxy) is 4. The second-order valence-electron chi connectivity index (χ2n) is 10.0. The van der Waals surface area contributed by atoms with E-state index in [1.165, 1.54) is 0 Å². The molecule has 0 bridgehead atoms. The number of esters is 1. The van der Waals surface area contributed by atoms with E-state index >= 15 is 0 Å². The molecule has 1 amide bonds. The number of fused-ring (bicyclic) bond motifs is 1. The average molecular weight is 531 g/mol. The molecule has 39 heavy (non-hydrogen) atoms. The fourth-order valence-corrected chi connectivity index (χ4v) is 5.54. The molecule has 0 spiro atoms. The third-order valence-corrected chi connectivity index (χ3v) is 7.45. The first-order chi connectivity index (χ1) is 18.9. The molecular formula is C31H34N2O6. The molecule has 204 valence electrons. The fraction of sp³-hybridized carbons (Fsp3) is 0.355. The summed E-state index contributed by atoms with van der Waals surface area (Å²) < 4.78 is 22.1.